The van der Waals surface area contributed by atoms with Gasteiger partial charge in [0.25, 0.3) is 0 Å². The number of hydrogen-bond donors (Lipinski definition) is 1. The molecule has 98 valence electrons. The van der Waals surface area contributed by atoms with Gasteiger partial charge in [-0.1, -0.05) is 11.6 Å². The van der Waals surface area contributed by atoms with E-state index in [9.17, 15) is 0 Å². The number of halogens is 1. The maximum atomic E-state index is 6.44. The van der Waals surface area contributed by atoms with Gasteiger partial charge in [-0.2, -0.15) is 0 Å². The average molecular weight is 268 g/mol. The molecule has 1 saturated heterocycles. The number of benzene rings is 1. The summed E-state index contributed by atoms with van der Waals surface area (Å²) in [7, 11) is 0. The van der Waals surface area contributed by atoms with E-state index in [4.69, 9.17) is 21.1 Å². The molecule has 0 aliphatic carbocycles. The third-order valence-electron chi connectivity index (χ3n) is 3.81. The van der Waals surface area contributed by atoms with Crippen molar-refractivity contribution in [3.8, 4) is 11.5 Å². The van der Waals surface area contributed by atoms with Crippen LogP contribution in [0.1, 0.15) is 24.0 Å². The van der Waals surface area contributed by atoms with Crippen LogP contribution in [0.3, 0.4) is 0 Å². The van der Waals surface area contributed by atoms with Gasteiger partial charge < -0.3 is 14.8 Å². The number of piperidine rings is 1. The minimum Gasteiger partial charge on any atom is -0.454 e. The van der Waals surface area contributed by atoms with Crippen LogP contribution in [0.25, 0.3) is 0 Å². The minimum atomic E-state index is 0.306. The molecule has 1 aromatic rings. The second-order valence-electron chi connectivity index (χ2n) is 5.12. The maximum absolute atomic E-state index is 6.44. The fourth-order valence-corrected chi connectivity index (χ4v) is 3.03. The fraction of sp³-hybridized carbons (Fsp3) is 0.571. The van der Waals surface area contributed by atoms with E-state index in [1.165, 1.54) is 18.4 Å². The molecule has 1 N–H and O–H groups in total. The van der Waals surface area contributed by atoms with Crippen molar-refractivity contribution < 1.29 is 9.47 Å². The number of fused-ring (bicyclic) bond motifs is 1. The molecular formula is C14H18ClNO2. The van der Waals surface area contributed by atoms with E-state index >= 15 is 0 Å². The van der Waals surface area contributed by atoms with Gasteiger partial charge in [0.1, 0.15) is 0 Å². The first-order valence-electron chi connectivity index (χ1n) is 6.54. The van der Waals surface area contributed by atoms with Crippen LogP contribution in [0.4, 0.5) is 0 Å². The Morgan fingerprint density at radius 3 is 3.11 bits per heavy atom. The van der Waals surface area contributed by atoms with Gasteiger partial charge in [-0.15, -0.1) is 0 Å². The topological polar surface area (TPSA) is 30.5 Å². The van der Waals surface area contributed by atoms with Crippen molar-refractivity contribution in [2.45, 2.75) is 26.2 Å². The van der Waals surface area contributed by atoms with Gasteiger partial charge in [0.2, 0.25) is 6.79 Å². The predicted molar refractivity (Wildman–Crippen MR) is 71.6 cm³/mol. The van der Waals surface area contributed by atoms with E-state index in [2.05, 4.69) is 5.32 Å². The Kier molecular flexibility index (Phi) is 3.35. The van der Waals surface area contributed by atoms with Crippen LogP contribution < -0.4 is 14.8 Å². The van der Waals surface area contributed by atoms with Crippen molar-refractivity contribution in [3.63, 3.8) is 0 Å². The number of nitrogens with one attached hydrogen (secondary N) is 1. The molecule has 18 heavy (non-hydrogen) atoms. The summed E-state index contributed by atoms with van der Waals surface area (Å²) in [5.41, 5.74) is 2.19. The van der Waals surface area contributed by atoms with Crippen LogP contribution in [0.15, 0.2) is 6.07 Å². The number of rotatable bonds is 2. The van der Waals surface area contributed by atoms with Gasteiger partial charge in [-0.3, -0.25) is 0 Å². The summed E-state index contributed by atoms with van der Waals surface area (Å²) >= 11 is 6.44. The smallest absolute Gasteiger partial charge is 0.231 e. The van der Waals surface area contributed by atoms with E-state index < -0.39 is 0 Å². The van der Waals surface area contributed by atoms with Crippen molar-refractivity contribution in [2.75, 3.05) is 19.9 Å². The van der Waals surface area contributed by atoms with E-state index in [-0.39, 0.29) is 0 Å². The zero-order valence-corrected chi connectivity index (χ0v) is 11.3. The normalized spacial score (nSPS) is 22.2. The van der Waals surface area contributed by atoms with Crippen molar-refractivity contribution in [1.82, 2.24) is 5.32 Å². The quantitative estimate of drug-likeness (QED) is 0.894. The lowest BCUT2D eigenvalue weighted by atomic mass is 9.91. The molecule has 1 aromatic carbocycles. The average Bonchev–Trinajstić information content (AvgIpc) is 2.85. The van der Waals surface area contributed by atoms with Gasteiger partial charge in [0.05, 0.1) is 5.02 Å². The summed E-state index contributed by atoms with van der Waals surface area (Å²) in [6.45, 7) is 4.54. The summed E-state index contributed by atoms with van der Waals surface area (Å²) in [5, 5.41) is 4.28. The zero-order valence-electron chi connectivity index (χ0n) is 10.6. The Hall–Kier alpha value is -0.930. The van der Waals surface area contributed by atoms with Gasteiger partial charge in [-0.05, 0) is 56.8 Å². The lowest BCUT2D eigenvalue weighted by Crippen LogP contribution is -2.30. The van der Waals surface area contributed by atoms with Crippen molar-refractivity contribution in [2.24, 2.45) is 5.92 Å². The molecule has 0 bridgehead atoms. The standard InChI is InChI=1S/C14H18ClNO2/c1-9-13(15)11(5-10-3-2-4-16-7-10)6-12-14(9)18-8-17-12/h6,10,16H,2-5,7-8H2,1H3. The Labute approximate surface area is 112 Å². The molecule has 2 heterocycles. The summed E-state index contributed by atoms with van der Waals surface area (Å²) in [6.07, 6.45) is 3.55. The second-order valence-corrected chi connectivity index (χ2v) is 5.50. The van der Waals surface area contributed by atoms with Crippen molar-refractivity contribution in [1.29, 1.82) is 0 Å². The van der Waals surface area contributed by atoms with E-state index in [1.807, 2.05) is 13.0 Å². The summed E-state index contributed by atoms with van der Waals surface area (Å²) < 4.78 is 10.9. The molecule has 0 amide bonds. The highest BCUT2D eigenvalue weighted by Crippen LogP contribution is 2.42. The molecule has 0 aromatic heterocycles. The Balaban J connectivity index is 1.85. The van der Waals surface area contributed by atoms with Crippen molar-refractivity contribution >= 4 is 11.6 Å². The third-order valence-corrected chi connectivity index (χ3v) is 4.33. The van der Waals surface area contributed by atoms with Crippen LogP contribution in [0, 0.1) is 12.8 Å². The third kappa shape index (κ3) is 2.17. The Bertz CT molecular complexity index is 456. The Morgan fingerprint density at radius 2 is 2.33 bits per heavy atom. The zero-order chi connectivity index (χ0) is 12.5. The van der Waals surface area contributed by atoms with Gasteiger partial charge in [-0.25, -0.2) is 0 Å². The first-order valence-corrected chi connectivity index (χ1v) is 6.92. The van der Waals surface area contributed by atoms with Crippen molar-refractivity contribution in [3.05, 3.63) is 22.2 Å². The SMILES string of the molecule is Cc1c(Cl)c(CC2CCCNC2)cc2c1OCO2. The van der Waals surface area contributed by atoms with Crippen LogP contribution in [0.2, 0.25) is 5.02 Å². The first kappa shape index (κ1) is 12.1. The second kappa shape index (κ2) is 4.98. The fourth-order valence-electron chi connectivity index (χ4n) is 2.81. The molecular weight excluding hydrogens is 250 g/mol. The predicted octanol–water partition coefficient (Wildman–Crippen LogP) is 2.92. The molecule has 4 heteroatoms. The molecule has 1 fully saturated rings. The molecule has 2 aliphatic rings. The largest absolute Gasteiger partial charge is 0.454 e. The van der Waals surface area contributed by atoms with Gasteiger partial charge >= 0.3 is 0 Å². The Morgan fingerprint density at radius 1 is 1.44 bits per heavy atom. The minimum absolute atomic E-state index is 0.306. The molecule has 0 saturated carbocycles. The summed E-state index contributed by atoms with van der Waals surface area (Å²) in [5.74, 6) is 2.33. The molecule has 1 atom stereocenters. The highest BCUT2D eigenvalue weighted by molar-refractivity contribution is 6.32. The summed E-state index contributed by atoms with van der Waals surface area (Å²) in [4.78, 5) is 0. The first-order chi connectivity index (χ1) is 8.75. The molecule has 3 rings (SSSR count). The molecule has 0 spiro atoms. The van der Waals surface area contributed by atoms with E-state index in [0.717, 1.165) is 41.6 Å². The number of ether oxygens (including phenoxy) is 2. The van der Waals surface area contributed by atoms with Crippen LogP contribution in [-0.2, 0) is 6.42 Å². The maximum Gasteiger partial charge on any atom is 0.231 e. The molecule has 2 aliphatic heterocycles. The lowest BCUT2D eigenvalue weighted by Gasteiger charge is -2.23. The molecule has 1 unspecified atom stereocenters. The highest BCUT2D eigenvalue weighted by Gasteiger charge is 2.23. The van der Waals surface area contributed by atoms with Gasteiger partial charge in [0.15, 0.2) is 11.5 Å². The van der Waals surface area contributed by atoms with Crippen LogP contribution in [-0.4, -0.2) is 19.9 Å². The van der Waals surface area contributed by atoms with E-state index in [1.54, 1.807) is 0 Å². The highest BCUT2D eigenvalue weighted by atomic mass is 35.5. The lowest BCUT2D eigenvalue weighted by molar-refractivity contribution is 0.173. The van der Waals surface area contributed by atoms with Gasteiger partial charge in [0, 0.05) is 5.56 Å². The molecule has 3 nitrogen and oxygen atoms in total. The number of hydrogen-bond acceptors (Lipinski definition) is 3. The van der Waals surface area contributed by atoms with Crippen LogP contribution in [0.5, 0.6) is 11.5 Å². The molecule has 0 radical (unpaired) electrons. The summed E-state index contributed by atoms with van der Waals surface area (Å²) in [6, 6.07) is 2.05. The van der Waals surface area contributed by atoms with Crippen LogP contribution >= 0.6 is 11.6 Å². The monoisotopic (exact) mass is 267 g/mol. The van der Waals surface area contributed by atoms with E-state index in [0.29, 0.717) is 12.7 Å².